The number of fused-ring (bicyclic) bond motifs is 1. The largest absolute Gasteiger partial charge is 0.350 e. The lowest BCUT2D eigenvalue weighted by molar-refractivity contribution is -0.121. The van der Waals surface area contributed by atoms with Gasteiger partial charge in [0.25, 0.3) is 5.56 Å². The van der Waals surface area contributed by atoms with E-state index in [0.29, 0.717) is 16.8 Å². The molecule has 0 spiro atoms. The second-order valence-electron chi connectivity index (χ2n) is 6.28. The molecule has 1 amide bonds. The Balaban J connectivity index is 1.59. The summed E-state index contributed by atoms with van der Waals surface area (Å²) in [6.07, 6.45) is 1.44. The normalized spacial score (nSPS) is 10.9. The summed E-state index contributed by atoms with van der Waals surface area (Å²) in [5.41, 5.74) is 2.58. The van der Waals surface area contributed by atoms with Crippen molar-refractivity contribution < 1.29 is 4.79 Å². The summed E-state index contributed by atoms with van der Waals surface area (Å²) in [5, 5.41) is 5.32. The molecule has 2 heterocycles. The molecule has 0 radical (unpaired) electrons. The van der Waals surface area contributed by atoms with Gasteiger partial charge in [0.1, 0.15) is 11.4 Å². The summed E-state index contributed by atoms with van der Waals surface area (Å²) in [7, 11) is 0. The number of halogens is 1. The highest BCUT2D eigenvalue weighted by molar-refractivity contribution is 9.10. The lowest BCUT2D eigenvalue weighted by atomic mass is 10.1. The molecule has 7 heteroatoms. The van der Waals surface area contributed by atoms with Gasteiger partial charge in [-0.05, 0) is 23.3 Å². The Labute approximate surface area is 173 Å². The Morgan fingerprint density at radius 1 is 1.11 bits per heavy atom. The van der Waals surface area contributed by atoms with E-state index in [1.807, 2.05) is 60.0 Å². The first-order valence-corrected chi connectivity index (χ1v) is 10.3. The van der Waals surface area contributed by atoms with Gasteiger partial charge in [-0.2, -0.15) is 0 Å². The summed E-state index contributed by atoms with van der Waals surface area (Å²) in [5.74, 6) is -0.229. The van der Waals surface area contributed by atoms with Crippen LogP contribution in [0.5, 0.6) is 0 Å². The van der Waals surface area contributed by atoms with Crippen LogP contribution in [0.1, 0.15) is 5.56 Å². The van der Waals surface area contributed by atoms with Crippen LogP contribution in [0.15, 0.2) is 75.6 Å². The highest BCUT2D eigenvalue weighted by Crippen LogP contribution is 2.31. The number of hydrogen-bond acceptors (Lipinski definition) is 4. The molecule has 140 valence electrons. The van der Waals surface area contributed by atoms with E-state index in [9.17, 15) is 9.59 Å². The second kappa shape index (κ2) is 8.08. The fraction of sp³-hybridized carbons (Fsp3) is 0.0952. The first-order valence-electron chi connectivity index (χ1n) is 8.65. The van der Waals surface area contributed by atoms with Crippen LogP contribution >= 0.6 is 27.3 Å². The van der Waals surface area contributed by atoms with Crippen molar-refractivity contribution in [2.24, 2.45) is 0 Å². The summed E-state index contributed by atoms with van der Waals surface area (Å²) in [6.45, 7) is 0.358. The summed E-state index contributed by atoms with van der Waals surface area (Å²) < 4.78 is 2.33. The van der Waals surface area contributed by atoms with Crippen LogP contribution in [0.4, 0.5) is 0 Å². The number of aromatic nitrogens is 2. The molecule has 0 bridgehead atoms. The molecule has 0 atom stereocenters. The minimum atomic E-state index is -0.229. The molecule has 0 saturated heterocycles. The van der Waals surface area contributed by atoms with Crippen LogP contribution in [-0.4, -0.2) is 15.5 Å². The number of benzene rings is 2. The molecular formula is C21H16BrN3O2S. The fourth-order valence-electron chi connectivity index (χ4n) is 2.93. The van der Waals surface area contributed by atoms with Gasteiger partial charge in [-0.15, -0.1) is 11.3 Å². The Kier molecular flexibility index (Phi) is 5.36. The number of carbonyl (C=O) groups excluding carboxylic acids is 1. The molecule has 0 aliphatic carbocycles. The van der Waals surface area contributed by atoms with E-state index in [4.69, 9.17) is 0 Å². The number of thiophene rings is 1. The van der Waals surface area contributed by atoms with Crippen molar-refractivity contribution in [3.63, 3.8) is 0 Å². The highest BCUT2D eigenvalue weighted by atomic mass is 79.9. The number of nitrogens with zero attached hydrogens (tertiary/aromatic N) is 2. The molecule has 1 N–H and O–H groups in total. The minimum absolute atomic E-state index is 0.0652. The van der Waals surface area contributed by atoms with Gasteiger partial charge in [-0.1, -0.05) is 58.4 Å². The van der Waals surface area contributed by atoms with Crippen molar-refractivity contribution in [2.75, 3.05) is 0 Å². The van der Waals surface area contributed by atoms with E-state index in [-0.39, 0.29) is 18.0 Å². The highest BCUT2D eigenvalue weighted by Gasteiger charge is 2.14. The van der Waals surface area contributed by atoms with Crippen molar-refractivity contribution in [2.45, 2.75) is 13.1 Å². The van der Waals surface area contributed by atoms with Gasteiger partial charge >= 0.3 is 0 Å². The van der Waals surface area contributed by atoms with E-state index in [1.54, 1.807) is 0 Å². The van der Waals surface area contributed by atoms with E-state index < -0.39 is 0 Å². The number of nitrogens with one attached hydrogen (secondary N) is 1. The van der Waals surface area contributed by atoms with Gasteiger partial charge < -0.3 is 5.32 Å². The maximum atomic E-state index is 13.0. The van der Waals surface area contributed by atoms with Gasteiger partial charge in [0.15, 0.2) is 0 Å². The van der Waals surface area contributed by atoms with Gasteiger partial charge in [-0.3, -0.25) is 14.2 Å². The van der Waals surface area contributed by atoms with Crippen molar-refractivity contribution in [3.05, 3.63) is 86.7 Å². The van der Waals surface area contributed by atoms with Crippen molar-refractivity contribution in [3.8, 4) is 11.1 Å². The third kappa shape index (κ3) is 3.90. The Morgan fingerprint density at radius 2 is 1.86 bits per heavy atom. The molecule has 2 aromatic heterocycles. The average Bonchev–Trinajstić information content (AvgIpc) is 3.15. The van der Waals surface area contributed by atoms with Crippen LogP contribution in [0.3, 0.4) is 0 Å². The van der Waals surface area contributed by atoms with Crippen LogP contribution in [0, 0.1) is 0 Å². The second-order valence-corrected chi connectivity index (χ2v) is 8.05. The Hall–Kier alpha value is -2.77. The third-order valence-electron chi connectivity index (χ3n) is 4.36. The summed E-state index contributed by atoms with van der Waals surface area (Å²) in [4.78, 5) is 30.3. The van der Waals surface area contributed by atoms with Crippen molar-refractivity contribution in [1.29, 1.82) is 0 Å². The molecule has 28 heavy (non-hydrogen) atoms. The molecule has 0 aliphatic heterocycles. The third-order valence-corrected chi connectivity index (χ3v) is 5.78. The SMILES string of the molecule is O=C(Cn1cnc2scc(-c3ccc(Br)cc3)c2c1=O)NCc1ccccc1. The molecule has 0 aliphatic rings. The summed E-state index contributed by atoms with van der Waals surface area (Å²) >= 11 is 4.85. The van der Waals surface area contributed by atoms with Crippen molar-refractivity contribution in [1.82, 2.24) is 14.9 Å². The van der Waals surface area contributed by atoms with Gasteiger partial charge in [-0.25, -0.2) is 4.98 Å². The lowest BCUT2D eigenvalue weighted by Crippen LogP contribution is -2.32. The minimum Gasteiger partial charge on any atom is -0.350 e. The zero-order valence-electron chi connectivity index (χ0n) is 14.8. The number of amides is 1. The Morgan fingerprint density at radius 3 is 2.61 bits per heavy atom. The van der Waals surface area contributed by atoms with E-state index in [0.717, 1.165) is 21.2 Å². The maximum absolute atomic E-state index is 13.0. The first kappa shape index (κ1) is 18.6. The zero-order chi connectivity index (χ0) is 19.5. The van der Waals surface area contributed by atoms with Gasteiger partial charge in [0.05, 0.1) is 11.7 Å². The molecule has 5 nitrogen and oxygen atoms in total. The van der Waals surface area contributed by atoms with E-state index >= 15 is 0 Å². The lowest BCUT2D eigenvalue weighted by Gasteiger charge is -2.08. The van der Waals surface area contributed by atoms with Crippen LogP contribution < -0.4 is 10.9 Å². The molecular weight excluding hydrogens is 438 g/mol. The molecule has 0 fully saturated rings. The monoisotopic (exact) mass is 453 g/mol. The Bertz CT molecular complexity index is 1180. The standard InChI is InChI=1S/C21H16BrN3O2S/c22-16-8-6-15(7-9-16)17-12-28-20-19(17)21(27)25(13-24-20)11-18(26)23-10-14-4-2-1-3-5-14/h1-9,12-13H,10-11H2,(H,23,26). The fourth-order valence-corrected chi connectivity index (χ4v) is 4.10. The van der Waals surface area contributed by atoms with Gasteiger partial charge in [0, 0.05) is 22.0 Å². The number of rotatable bonds is 5. The van der Waals surface area contributed by atoms with Gasteiger partial charge in [0.2, 0.25) is 5.91 Å². The van der Waals surface area contributed by atoms with Crippen LogP contribution in [-0.2, 0) is 17.9 Å². The zero-order valence-corrected chi connectivity index (χ0v) is 17.2. The summed E-state index contributed by atoms with van der Waals surface area (Å²) in [6, 6.07) is 17.4. The average molecular weight is 454 g/mol. The quantitative estimate of drug-likeness (QED) is 0.492. The first-order chi connectivity index (χ1) is 13.6. The maximum Gasteiger partial charge on any atom is 0.263 e. The van der Waals surface area contributed by atoms with E-state index in [2.05, 4.69) is 26.2 Å². The molecule has 0 saturated carbocycles. The topological polar surface area (TPSA) is 64.0 Å². The van der Waals surface area contributed by atoms with E-state index in [1.165, 1.54) is 22.2 Å². The number of carbonyl (C=O) groups is 1. The molecule has 0 unspecified atom stereocenters. The smallest absolute Gasteiger partial charge is 0.263 e. The van der Waals surface area contributed by atoms with Crippen molar-refractivity contribution >= 4 is 43.4 Å². The van der Waals surface area contributed by atoms with Crippen LogP contribution in [0.2, 0.25) is 0 Å². The van der Waals surface area contributed by atoms with Crippen LogP contribution in [0.25, 0.3) is 21.3 Å². The number of hydrogen-bond donors (Lipinski definition) is 1. The molecule has 4 rings (SSSR count). The molecule has 4 aromatic rings. The predicted molar refractivity (Wildman–Crippen MR) is 115 cm³/mol. The molecule has 2 aromatic carbocycles. The predicted octanol–water partition coefficient (Wildman–Crippen LogP) is 4.20.